The van der Waals surface area contributed by atoms with E-state index in [2.05, 4.69) is 37.5 Å². The Kier molecular flexibility index (Phi) is 2.93. The van der Waals surface area contributed by atoms with Crippen molar-refractivity contribution in [2.24, 2.45) is 0 Å². The van der Waals surface area contributed by atoms with Crippen molar-refractivity contribution < 1.29 is 0 Å². The lowest BCUT2D eigenvalue weighted by Crippen LogP contribution is -2.32. The standard InChI is InChI=1S/C12H19NS/c1-8-6-11(7-14-8)9(2)10(3)13-12-4-5-12/h6-7,9-10,12-13H,4-5H2,1-3H3. The van der Waals surface area contributed by atoms with Gasteiger partial charge >= 0.3 is 0 Å². The van der Waals surface area contributed by atoms with Gasteiger partial charge in [-0.25, -0.2) is 0 Å². The maximum absolute atomic E-state index is 3.67. The zero-order chi connectivity index (χ0) is 10.1. The van der Waals surface area contributed by atoms with Crippen molar-refractivity contribution in [3.63, 3.8) is 0 Å². The molecule has 1 nitrogen and oxygen atoms in total. The van der Waals surface area contributed by atoms with Gasteiger partial charge < -0.3 is 5.32 Å². The van der Waals surface area contributed by atoms with Gasteiger partial charge in [-0.05, 0) is 49.6 Å². The van der Waals surface area contributed by atoms with Crippen LogP contribution in [-0.2, 0) is 0 Å². The fourth-order valence-corrected chi connectivity index (χ4v) is 2.57. The van der Waals surface area contributed by atoms with Gasteiger partial charge in [-0.15, -0.1) is 11.3 Å². The van der Waals surface area contributed by atoms with E-state index in [1.807, 2.05) is 11.3 Å². The lowest BCUT2D eigenvalue weighted by molar-refractivity contribution is 0.479. The van der Waals surface area contributed by atoms with Gasteiger partial charge in [0.15, 0.2) is 0 Å². The SMILES string of the molecule is Cc1cc(C(C)C(C)NC2CC2)cs1. The van der Waals surface area contributed by atoms with Crippen molar-refractivity contribution in [2.45, 2.75) is 51.6 Å². The molecule has 1 aromatic rings. The summed E-state index contributed by atoms with van der Waals surface area (Å²) in [5, 5.41) is 5.96. The highest BCUT2D eigenvalue weighted by molar-refractivity contribution is 7.10. The minimum Gasteiger partial charge on any atom is -0.311 e. The summed E-state index contributed by atoms with van der Waals surface area (Å²) in [6.45, 7) is 6.80. The molecule has 1 N–H and O–H groups in total. The highest BCUT2D eigenvalue weighted by Crippen LogP contribution is 2.27. The summed E-state index contributed by atoms with van der Waals surface area (Å²) in [7, 11) is 0. The van der Waals surface area contributed by atoms with Crippen LogP contribution in [0.1, 0.15) is 43.0 Å². The molecule has 0 saturated heterocycles. The molecule has 2 unspecified atom stereocenters. The summed E-state index contributed by atoms with van der Waals surface area (Å²) >= 11 is 1.86. The maximum atomic E-state index is 3.67. The van der Waals surface area contributed by atoms with Gasteiger partial charge in [0.05, 0.1) is 0 Å². The van der Waals surface area contributed by atoms with Gasteiger partial charge in [-0.3, -0.25) is 0 Å². The minimum absolute atomic E-state index is 0.608. The third kappa shape index (κ3) is 2.37. The first-order valence-electron chi connectivity index (χ1n) is 5.48. The molecule has 0 aliphatic heterocycles. The fourth-order valence-electron chi connectivity index (χ4n) is 1.76. The molecule has 0 bridgehead atoms. The van der Waals surface area contributed by atoms with E-state index < -0.39 is 0 Å². The Morgan fingerprint density at radius 3 is 2.64 bits per heavy atom. The van der Waals surface area contributed by atoms with E-state index >= 15 is 0 Å². The van der Waals surface area contributed by atoms with Gasteiger partial charge in [0.2, 0.25) is 0 Å². The lowest BCUT2D eigenvalue weighted by Gasteiger charge is -2.20. The maximum Gasteiger partial charge on any atom is 0.0108 e. The Labute approximate surface area is 90.5 Å². The molecule has 1 aromatic heterocycles. The molecule has 2 rings (SSSR count). The quantitative estimate of drug-likeness (QED) is 0.802. The first-order valence-corrected chi connectivity index (χ1v) is 6.36. The van der Waals surface area contributed by atoms with Crippen LogP contribution in [0.15, 0.2) is 11.4 Å². The van der Waals surface area contributed by atoms with Gasteiger partial charge in [-0.2, -0.15) is 0 Å². The molecule has 2 heteroatoms. The number of aryl methyl sites for hydroxylation is 1. The van der Waals surface area contributed by atoms with E-state index in [1.54, 1.807) is 0 Å². The fraction of sp³-hybridized carbons (Fsp3) is 0.667. The van der Waals surface area contributed by atoms with Crippen molar-refractivity contribution in [2.75, 3.05) is 0 Å². The summed E-state index contributed by atoms with van der Waals surface area (Å²) in [4.78, 5) is 1.42. The molecule has 1 saturated carbocycles. The van der Waals surface area contributed by atoms with E-state index in [4.69, 9.17) is 0 Å². The number of rotatable bonds is 4. The van der Waals surface area contributed by atoms with E-state index in [0.29, 0.717) is 12.0 Å². The summed E-state index contributed by atoms with van der Waals surface area (Å²) in [6.07, 6.45) is 2.75. The van der Waals surface area contributed by atoms with Crippen molar-refractivity contribution in [1.29, 1.82) is 0 Å². The minimum atomic E-state index is 0.608. The molecule has 0 aromatic carbocycles. The molecular formula is C12H19NS. The average molecular weight is 209 g/mol. The van der Waals surface area contributed by atoms with Crippen molar-refractivity contribution in [3.8, 4) is 0 Å². The Hall–Kier alpha value is -0.340. The van der Waals surface area contributed by atoms with Crippen molar-refractivity contribution in [3.05, 3.63) is 21.9 Å². The molecule has 78 valence electrons. The van der Waals surface area contributed by atoms with E-state index in [1.165, 1.54) is 23.3 Å². The average Bonchev–Trinajstić information content (AvgIpc) is 2.85. The summed E-state index contributed by atoms with van der Waals surface area (Å²) in [5.74, 6) is 0.639. The van der Waals surface area contributed by atoms with Crippen LogP contribution in [0.4, 0.5) is 0 Å². The predicted octanol–water partition coefficient (Wildman–Crippen LogP) is 3.30. The smallest absolute Gasteiger partial charge is 0.0108 e. The topological polar surface area (TPSA) is 12.0 Å². The third-order valence-corrected chi connectivity index (χ3v) is 3.98. The lowest BCUT2D eigenvalue weighted by atomic mass is 9.96. The largest absolute Gasteiger partial charge is 0.311 e. The van der Waals surface area contributed by atoms with E-state index in [-0.39, 0.29) is 0 Å². The van der Waals surface area contributed by atoms with Crippen LogP contribution in [-0.4, -0.2) is 12.1 Å². The van der Waals surface area contributed by atoms with Crippen LogP contribution in [0.3, 0.4) is 0 Å². The van der Waals surface area contributed by atoms with Crippen LogP contribution in [0.25, 0.3) is 0 Å². The third-order valence-electron chi connectivity index (χ3n) is 3.10. The monoisotopic (exact) mass is 209 g/mol. The van der Waals surface area contributed by atoms with Crippen LogP contribution >= 0.6 is 11.3 Å². The molecule has 14 heavy (non-hydrogen) atoms. The Morgan fingerprint density at radius 2 is 2.14 bits per heavy atom. The molecule has 2 atom stereocenters. The zero-order valence-electron chi connectivity index (χ0n) is 9.21. The molecule has 1 fully saturated rings. The second-order valence-corrected chi connectivity index (χ2v) is 5.62. The van der Waals surface area contributed by atoms with Gasteiger partial charge in [0.1, 0.15) is 0 Å². The van der Waals surface area contributed by atoms with Gasteiger partial charge in [0, 0.05) is 17.0 Å². The van der Waals surface area contributed by atoms with Crippen molar-refractivity contribution in [1.82, 2.24) is 5.32 Å². The molecule has 0 spiro atoms. The number of hydrogen-bond acceptors (Lipinski definition) is 2. The molecule has 1 aliphatic carbocycles. The molecule has 0 amide bonds. The van der Waals surface area contributed by atoms with Crippen LogP contribution < -0.4 is 5.32 Å². The molecule has 1 heterocycles. The summed E-state index contributed by atoms with van der Waals surface area (Å²) in [5.41, 5.74) is 1.49. The zero-order valence-corrected chi connectivity index (χ0v) is 10.0. The van der Waals surface area contributed by atoms with Crippen LogP contribution in [0, 0.1) is 6.92 Å². The van der Waals surface area contributed by atoms with Crippen LogP contribution in [0.2, 0.25) is 0 Å². The highest BCUT2D eigenvalue weighted by atomic mass is 32.1. The first-order chi connectivity index (χ1) is 6.66. The normalized spacial score (nSPS) is 20.8. The first kappa shape index (κ1) is 10.2. The Morgan fingerprint density at radius 1 is 1.43 bits per heavy atom. The van der Waals surface area contributed by atoms with Crippen molar-refractivity contribution >= 4 is 11.3 Å². The van der Waals surface area contributed by atoms with Crippen LogP contribution in [0.5, 0.6) is 0 Å². The molecular weight excluding hydrogens is 190 g/mol. The Bertz CT molecular complexity index is 301. The molecule has 1 aliphatic rings. The van der Waals surface area contributed by atoms with Gasteiger partial charge in [-0.1, -0.05) is 6.92 Å². The predicted molar refractivity (Wildman–Crippen MR) is 63.1 cm³/mol. The highest BCUT2D eigenvalue weighted by Gasteiger charge is 2.25. The summed E-state index contributed by atoms with van der Waals surface area (Å²) in [6, 6.07) is 3.74. The summed E-state index contributed by atoms with van der Waals surface area (Å²) < 4.78 is 0. The van der Waals surface area contributed by atoms with Gasteiger partial charge in [0.25, 0.3) is 0 Å². The van der Waals surface area contributed by atoms with E-state index in [0.717, 1.165) is 6.04 Å². The second-order valence-electron chi connectivity index (χ2n) is 4.51. The number of nitrogens with one attached hydrogen (secondary N) is 1. The second kappa shape index (κ2) is 4.03. The van der Waals surface area contributed by atoms with E-state index in [9.17, 15) is 0 Å². The Balaban J connectivity index is 1.95. The number of hydrogen-bond donors (Lipinski definition) is 1. The number of thiophene rings is 1. The molecule has 0 radical (unpaired) electrons.